The Labute approximate surface area is 343 Å². The van der Waals surface area contributed by atoms with Crippen LogP contribution >= 0.6 is 20.8 Å². The second-order valence-corrected chi connectivity index (χ2v) is 14.7. The van der Waals surface area contributed by atoms with Gasteiger partial charge in [0.1, 0.15) is 46.0 Å². The normalized spacial score (nSPS) is 19.5. The lowest BCUT2D eigenvalue weighted by atomic mass is 9.76. The zero-order valence-corrected chi connectivity index (χ0v) is 36.9. The number of allylic oxidation sites excluding steroid dienone is 4. The number of likely N-dealkylation sites (tertiary alicyclic amines) is 1. The molecular formula is C41H57ClF5N2O6PS. The van der Waals surface area contributed by atoms with Crippen LogP contribution in [-0.4, -0.2) is 71.3 Å². The van der Waals surface area contributed by atoms with Crippen molar-refractivity contribution in [3.05, 3.63) is 94.9 Å². The number of carbonyl (C=O) groups excluding carboxylic acids is 1. The number of nitrogens with zero attached hydrogens (tertiary/aromatic N) is 2. The first kappa shape index (κ1) is 51.6. The minimum Gasteiger partial charge on any atom is -0.497 e. The fourth-order valence-corrected chi connectivity index (χ4v) is 8.62. The number of halogens is 6. The molecule has 0 saturated carbocycles. The third-order valence-corrected chi connectivity index (χ3v) is 10.8. The summed E-state index contributed by atoms with van der Waals surface area (Å²) in [7, 11) is -1.02. The molecule has 4 unspecified atom stereocenters. The number of hydrogen-bond acceptors (Lipinski definition) is 7. The number of methoxy groups -OCH3 is 1. The second-order valence-electron chi connectivity index (χ2n) is 11.8. The van der Waals surface area contributed by atoms with E-state index in [-0.39, 0.29) is 27.9 Å². The fourth-order valence-electron chi connectivity index (χ4n) is 6.66. The standard InChI is InChI=1S/C34H36ClF4N2O6PS.3C2H6.CH3F/c1-21(42)27-10-7-8-16-40(27)34(25-9-5-4-6-11-29(25)45-3)22(2)41(28-14-12-23(35)17-26(28)34)49(43,44)31-18-24(46-19-32(36)48)13-15-30(31)47-20-33(37,38)39;4*1-2/h4-5,9,11-15,17-18,27,32H,2,6-8,10,16,19-20,48H2,1,3H3;3*1-2H3;1H3. The molecule has 0 spiro atoms. The van der Waals surface area contributed by atoms with Crippen LogP contribution in [0.5, 0.6) is 11.5 Å². The molecule has 3 aliphatic rings. The predicted molar refractivity (Wildman–Crippen MR) is 223 cm³/mol. The van der Waals surface area contributed by atoms with Gasteiger partial charge in [-0.1, -0.05) is 93.6 Å². The number of ether oxygens (including phenoxy) is 3. The predicted octanol–water partition coefficient (Wildman–Crippen LogP) is 11.3. The van der Waals surface area contributed by atoms with Crippen LogP contribution in [0.4, 0.5) is 27.6 Å². The van der Waals surface area contributed by atoms with Crippen molar-refractivity contribution in [2.24, 2.45) is 0 Å². The lowest BCUT2D eigenvalue weighted by Crippen LogP contribution is -2.58. The van der Waals surface area contributed by atoms with E-state index >= 15 is 0 Å². The first-order chi connectivity index (χ1) is 27.1. The summed E-state index contributed by atoms with van der Waals surface area (Å²) >= 11 is 6.61. The molecule has 2 aromatic carbocycles. The van der Waals surface area contributed by atoms with Crippen molar-refractivity contribution in [3.8, 4) is 11.5 Å². The van der Waals surface area contributed by atoms with Crippen LogP contribution in [0.3, 0.4) is 0 Å². The van der Waals surface area contributed by atoms with E-state index in [2.05, 4.69) is 6.58 Å². The summed E-state index contributed by atoms with van der Waals surface area (Å²) in [5.74, 6) is -1.96. The molecule has 0 aromatic heterocycles. The van der Waals surface area contributed by atoms with Crippen LogP contribution in [0.2, 0.25) is 5.02 Å². The monoisotopic (exact) mass is 866 g/mol. The number of Topliss-reactive ketones (excluding diaryl/α,β-unsaturated/α-hetero) is 1. The lowest BCUT2D eigenvalue weighted by molar-refractivity contribution is -0.153. The fraction of sp³-hybridized carbons (Fsp3) is 0.488. The molecule has 0 N–H and O–H groups in total. The minimum absolute atomic E-state index is 0.0377. The largest absolute Gasteiger partial charge is 0.497 e. The van der Waals surface area contributed by atoms with Gasteiger partial charge in [-0.15, -0.1) is 0 Å². The number of carbonyl (C=O) groups is 1. The molecule has 0 bridgehead atoms. The van der Waals surface area contributed by atoms with E-state index < -0.39 is 57.6 Å². The summed E-state index contributed by atoms with van der Waals surface area (Å²) in [6.45, 7) is 16.0. The molecule has 2 aromatic rings. The zero-order chi connectivity index (χ0) is 43.7. The van der Waals surface area contributed by atoms with E-state index in [4.69, 9.17) is 25.8 Å². The number of benzene rings is 2. The Morgan fingerprint density at radius 1 is 1.05 bits per heavy atom. The molecule has 0 radical (unpaired) electrons. The van der Waals surface area contributed by atoms with Crippen LogP contribution in [0.25, 0.3) is 0 Å². The molecule has 1 fully saturated rings. The van der Waals surface area contributed by atoms with Crippen molar-refractivity contribution in [3.63, 3.8) is 0 Å². The number of hydrogen-bond donors (Lipinski definition) is 0. The van der Waals surface area contributed by atoms with Crippen molar-refractivity contribution < 1.29 is 49.4 Å². The maximum absolute atomic E-state index is 15.0. The van der Waals surface area contributed by atoms with Gasteiger partial charge in [0.2, 0.25) is 0 Å². The van der Waals surface area contributed by atoms with Crippen LogP contribution in [-0.2, 0) is 25.1 Å². The quantitative estimate of drug-likeness (QED) is 0.164. The van der Waals surface area contributed by atoms with E-state index in [0.29, 0.717) is 49.9 Å². The van der Waals surface area contributed by atoms with Gasteiger partial charge < -0.3 is 14.2 Å². The Hall–Kier alpha value is -3.45. The summed E-state index contributed by atoms with van der Waals surface area (Å²) < 4.78 is 110. The van der Waals surface area contributed by atoms with Crippen molar-refractivity contribution in [2.45, 2.75) is 103 Å². The molecule has 57 heavy (non-hydrogen) atoms. The van der Waals surface area contributed by atoms with Crippen LogP contribution in [0, 0.1) is 0 Å². The van der Waals surface area contributed by atoms with Gasteiger partial charge in [-0.3, -0.25) is 14.1 Å². The van der Waals surface area contributed by atoms with Gasteiger partial charge in [0.15, 0.2) is 6.61 Å². The number of sulfonamides is 1. The van der Waals surface area contributed by atoms with Gasteiger partial charge in [-0.2, -0.15) is 13.2 Å². The van der Waals surface area contributed by atoms with Gasteiger partial charge in [-0.25, -0.2) is 17.1 Å². The molecular weight excluding hydrogens is 810 g/mol. The molecule has 2 aliphatic heterocycles. The van der Waals surface area contributed by atoms with Gasteiger partial charge in [0.25, 0.3) is 10.0 Å². The lowest BCUT2D eigenvalue weighted by Gasteiger charge is -2.49. The molecule has 16 heteroatoms. The highest BCUT2D eigenvalue weighted by molar-refractivity contribution is 7.93. The van der Waals surface area contributed by atoms with Crippen molar-refractivity contribution in [1.82, 2.24) is 4.90 Å². The van der Waals surface area contributed by atoms with Crippen molar-refractivity contribution in [1.29, 1.82) is 0 Å². The number of alkyl halides is 5. The smallest absolute Gasteiger partial charge is 0.422 e. The molecule has 0 amide bonds. The summed E-state index contributed by atoms with van der Waals surface area (Å²) in [5, 5.41) is 0.266. The zero-order valence-electron chi connectivity index (χ0n) is 34.2. The number of anilines is 1. The van der Waals surface area contributed by atoms with Crippen LogP contribution in [0.1, 0.15) is 79.7 Å². The van der Waals surface area contributed by atoms with Crippen LogP contribution < -0.4 is 13.8 Å². The maximum Gasteiger partial charge on any atom is 0.422 e. The second kappa shape index (κ2) is 23.8. The number of piperidine rings is 1. The summed E-state index contributed by atoms with van der Waals surface area (Å²) in [6, 6.07) is 7.13. The Morgan fingerprint density at radius 3 is 2.28 bits per heavy atom. The summed E-state index contributed by atoms with van der Waals surface area (Å²) in [5.41, 5.74) is -0.622. The summed E-state index contributed by atoms with van der Waals surface area (Å²) in [6.07, 6.45) is 4.92. The molecule has 320 valence electrons. The minimum atomic E-state index is -4.89. The molecule has 5 rings (SSSR count). The third kappa shape index (κ3) is 11.8. The highest BCUT2D eigenvalue weighted by atomic mass is 35.5. The Balaban J connectivity index is 0.00000191. The average molecular weight is 867 g/mol. The Bertz CT molecular complexity index is 1840. The Morgan fingerprint density at radius 2 is 1.70 bits per heavy atom. The van der Waals surface area contributed by atoms with E-state index in [1.165, 1.54) is 32.2 Å². The number of fused-ring (bicyclic) bond motifs is 1. The highest BCUT2D eigenvalue weighted by Crippen LogP contribution is 2.59. The number of rotatable bonds is 11. The van der Waals surface area contributed by atoms with Gasteiger partial charge in [0.05, 0.1) is 31.7 Å². The SMILES string of the molecule is C=C1N(S(=O)(=O)c2cc(OCC(F)P)ccc2OCC(F)(F)F)c2ccc(Cl)cc2C1(C1=CC=CCC=C1OC)N1CCCCC1C(C)=O.CC.CC.CC.CF. The highest BCUT2D eigenvalue weighted by Gasteiger charge is 2.59. The molecule has 4 atom stereocenters. The van der Waals surface area contributed by atoms with Gasteiger partial charge >= 0.3 is 6.18 Å². The molecule has 1 saturated heterocycles. The molecule has 1 aliphatic carbocycles. The van der Waals surface area contributed by atoms with Crippen LogP contribution in [0.15, 0.2) is 89.2 Å². The molecule has 2 heterocycles. The first-order valence-electron chi connectivity index (χ1n) is 18.8. The van der Waals surface area contributed by atoms with E-state index in [0.717, 1.165) is 22.9 Å². The number of ketones is 1. The molecule has 8 nitrogen and oxygen atoms in total. The van der Waals surface area contributed by atoms with Crippen molar-refractivity contribution >= 4 is 42.3 Å². The van der Waals surface area contributed by atoms with E-state index in [1.54, 1.807) is 18.2 Å². The summed E-state index contributed by atoms with van der Waals surface area (Å²) in [4.78, 5) is 14.5. The first-order valence-corrected chi connectivity index (χ1v) is 21.3. The topological polar surface area (TPSA) is 85.4 Å². The van der Waals surface area contributed by atoms with E-state index in [9.17, 15) is 35.2 Å². The van der Waals surface area contributed by atoms with E-state index in [1.807, 2.05) is 67.8 Å². The van der Waals surface area contributed by atoms with Gasteiger partial charge in [0, 0.05) is 28.8 Å². The van der Waals surface area contributed by atoms with Gasteiger partial charge in [-0.05, 0) is 62.6 Å². The Kier molecular flexibility index (Phi) is 21.6. The maximum atomic E-state index is 15.0. The average Bonchev–Trinajstić information content (AvgIpc) is 3.31. The third-order valence-electron chi connectivity index (χ3n) is 8.58. The van der Waals surface area contributed by atoms with Crippen molar-refractivity contribution in [2.75, 3.05) is 38.4 Å².